The van der Waals surface area contributed by atoms with E-state index in [9.17, 15) is 8.78 Å². The molecule has 1 aromatic heterocycles. The van der Waals surface area contributed by atoms with E-state index in [-0.39, 0.29) is 11.5 Å². The summed E-state index contributed by atoms with van der Waals surface area (Å²) >= 11 is 0. The quantitative estimate of drug-likeness (QED) is 0.919. The van der Waals surface area contributed by atoms with Crippen molar-refractivity contribution in [2.24, 2.45) is 0 Å². The van der Waals surface area contributed by atoms with Crippen LogP contribution >= 0.6 is 0 Å². The van der Waals surface area contributed by atoms with E-state index in [0.717, 1.165) is 6.07 Å². The molecule has 0 spiro atoms. The fourth-order valence-electron chi connectivity index (χ4n) is 1.69. The van der Waals surface area contributed by atoms with E-state index < -0.39 is 11.6 Å². The maximum Gasteiger partial charge on any atom is 0.135 e. The molecule has 0 saturated carbocycles. The lowest BCUT2D eigenvalue weighted by Crippen LogP contribution is -2.04. The van der Waals surface area contributed by atoms with E-state index in [4.69, 9.17) is 0 Å². The van der Waals surface area contributed by atoms with E-state index in [2.05, 4.69) is 15.3 Å². The SMILES string of the molecule is CNc1cc(-c2ccc(F)cc2F)nc(C(C)C)n1. The molecule has 0 aliphatic rings. The third-order valence-electron chi connectivity index (χ3n) is 2.72. The van der Waals surface area contributed by atoms with Crippen LogP contribution < -0.4 is 5.32 Å². The van der Waals surface area contributed by atoms with Gasteiger partial charge in [0.1, 0.15) is 23.3 Å². The van der Waals surface area contributed by atoms with Crippen LogP contribution in [-0.4, -0.2) is 17.0 Å². The van der Waals surface area contributed by atoms with Gasteiger partial charge in [-0.1, -0.05) is 13.8 Å². The Morgan fingerprint density at radius 2 is 1.84 bits per heavy atom. The van der Waals surface area contributed by atoms with Crippen LogP contribution in [-0.2, 0) is 0 Å². The first kappa shape index (κ1) is 13.4. The minimum Gasteiger partial charge on any atom is -0.373 e. The molecule has 0 aliphatic carbocycles. The number of aromatic nitrogens is 2. The third kappa shape index (κ3) is 2.86. The third-order valence-corrected chi connectivity index (χ3v) is 2.72. The Morgan fingerprint density at radius 3 is 2.42 bits per heavy atom. The summed E-state index contributed by atoms with van der Waals surface area (Å²) in [5.41, 5.74) is 0.711. The van der Waals surface area contributed by atoms with Crippen molar-refractivity contribution in [3.63, 3.8) is 0 Å². The molecule has 0 unspecified atom stereocenters. The number of nitrogens with one attached hydrogen (secondary N) is 1. The van der Waals surface area contributed by atoms with E-state index in [1.807, 2.05) is 13.8 Å². The highest BCUT2D eigenvalue weighted by Gasteiger charge is 2.12. The average molecular weight is 263 g/mol. The Labute approximate surface area is 110 Å². The van der Waals surface area contributed by atoms with Crippen LogP contribution in [0.1, 0.15) is 25.6 Å². The standard InChI is InChI=1S/C14H15F2N3/c1-8(2)14-18-12(7-13(17-3)19-14)10-5-4-9(15)6-11(10)16/h4-8H,1-3H3,(H,17,18,19). The number of rotatable bonds is 3. The number of hydrogen-bond acceptors (Lipinski definition) is 3. The molecule has 3 nitrogen and oxygen atoms in total. The van der Waals surface area contributed by atoms with Crippen LogP contribution in [0.15, 0.2) is 24.3 Å². The number of benzene rings is 1. The summed E-state index contributed by atoms with van der Waals surface area (Å²) in [5, 5.41) is 2.92. The molecule has 0 radical (unpaired) electrons. The number of anilines is 1. The summed E-state index contributed by atoms with van der Waals surface area (Å²) in [6.07, 6.45) is 0. The molecule has 19 heavy (non-hydrogen) atoms. The molecule has 0 atom stereocenters. The Kier molecular flexibility index (Phi) is 3.74. The second kappa shape index (κ2) is 5.30. The van der Waals surface area contributed by atoms with Crippen molar-refractivity contribution in [2.45, 2.75) is 19.8 Å². The second-order valence-corrected chi connectivity index (χ2v) is 4.53. The van der Waals surface area contributed by atoms with E-state index >= 15 is 0 Å². The van der Waals surface area contributed by atoms with Gasteiger partial charge in [0.05, 0.1) is 5.69 Å². The van der Waals surface area contributed by atoms with Gasteiger partial charge in [-0.25, -0.2) is 18.7 Å². The molecule has 2 rings (SSSR count). The molecule has 0 fully saturated rings. The molecule has 0 bridgehead atoms. The molecule has 1 N–H and O–H groups in total. The van der Waals surface area contributed by atoms with Gasteiger partial charge in [0, 0.05) is 30.7 Å². The van der Waals surface area contributed by atoms with Gasteiger partial charge in [0.2, 0.25) is 0 Å². The first-order chi connectivity index (χ1) is 9.01. The van der Waals surface area contributed by atoms with Crippen LogP contribution in [0.5, 0.6) is 0 Å². The van der Waals surface area contributed by atoms with Crippen molar-refractivity contribution in [3.05, 3.63) is 41.7 Å². The molecule has 0 aliphatic heterocycles. The predicted molar refractivity (Wildman–Crippen MR) is 71.0 cm³/mol. The second-order valence-electron chi connectivity index (χ2n) is 4.53. The van der Waals surface area contributed by atoms with Crippen molar-refractivity contribution in [1.29, 1.82) is 0 Å². The first-order valence-electron chi connectivity index (χ1n) is 6.03. The lowest BCUT2D eigenvalue weighted by molar-refractivity contribution is 0.585. The summed E-state index contributed by atoms with van der Waals surface area (Å²) in [7, 11) is 1.73. The van der Waals surface area contributed by atoms with Crippen molar-refractivity contribution in [2.75, 3.05) is 12.4 Å². The highest BCUT2D eigenvalue weighted by Crippen LogP contribution is 2.25. The molecule has 1 aromatic carbocycles. The van der Waals surface area contributed by atoms with Crippen LogP contribution in [0.4, 0.5) is 14.6 Å². The van der Waals surface area contributed by atoms with E-state index in [1.165, 1.54) is 12.1 Å². The van der Waals surface area contributed by atoms with Gasteiger partial charge >= 0.3 is 0 Å². The van der Waals surface area contributed by atoms with Gasteiger partial charge in [-0.3, -0.25) is 0 Å². The van der Waals surface area contributed by atoms with Gasteiger partial charge in [-0.2, -0.15) is 0 Å². The van der Waals surface area contributed by atoms with Crippen LogP contribution in [0, 0.1) is 11.6 Å². The maximum absolute atomic E-state index is 13.8. The minimum absolute atomic E-state index is 0.121. The summed E-state index contributed by atoms with van der Waals surface area (Å²) in [4.78, 5) is 8.63. The summed E-state index contributed by atoms with van der Waals surface area (Å²) in [5.74, 6) is 0.113. The zero-order valence-electron chi connectivity index (χ0n) is 11.0. The Bertz CT molecular complexity index is 597. The maximum atomic E-state index is 13.8. The zero-order valence-corrected chi connectivity index (χ0v) is 11.0. The Morgan fingerprint density at radius 1 is 1.11 bits per heavy atom. The predicted octanol–water partition coefficient (Wildman–Crippen LogP) is 3.59. The van der Waals surface area contributed by atoms with E-state index in [0.29, 0.717) is 17.3 Å². The smallest absolute Gasteiger partial charge is 0.135 e. The fourth-order valence-corrected chi connectivity index (χ4v) is 1.69. The van der Waals surface area contributed by atoms with Crippen molar-refractivity contribution >= 4 is 5.82 Å². The number of halogens is 2. The summed E-state index contributed by atoms with van der Waals surface area (Å²) in [6, 6.07) is 5.10. The number of nitrogens with zero attached hydrogens (tertiary/aromatic N) is 2. The summed E-state index contributed by atoms with van der Waals surface area (Å²) in [6.45, 7) is 3.92. The molecule has 0 saturated heterocycles. The fraction of sp³-hybridized carbons (Fsp3) is 0.286. The lowest BCUT2D eigenvalue weighted by Gasteiger charge is -2.10. The Hall–Kier alpha value is -2.04. The molecule has 100 valence electrons. The van der Waals surface area contributed by atoms with Crippen molar-refractivity contribution in [1.82, 2.24) is 9.97 Å². The van der Waals surface area contributed by atoms with Gasteiger partial charge < -0.3 is 5.32 Å². The normalized spacial score (nSPS) is 10.8. The van der Waals surface area contributed by atoms with Gasteiger partial charge in [-0.05, 0) is 12.1 Å². The Balaban J connectivity index is 2.57. The molecular weight excluding hydrogens is 248 g/mol. The monoisotopic (exact) mass is 263 g/mol. The van der Waals surface area contributed by atoms with Crippen LogP contribution in [0.3, 0.4) is 0 Å². The molecular formula is C14H15F2N3. The van der Waals surface area contributed by atoms with Gasteiger partial charge in [0.15, 0.2) is 0 Å². The minimum atomic E-state index is -0.629. The number of hydrogen-bond donors (Lipinski definition) is 1. The van der Waals surface area contributed by atoms with Crippen LogP contribution in [0.25, 0.3) is 11.3 Å². The highest BCUT2D eigenvalue weighted by molar-refractivity contribution is 5.63. The molecule has 5 heteroatoms. The molecule has 0 amide bonds. The lowest BCUT2D eigenvalue weighted by atomic mass is 10.1. The topological polar surface area (TPSA) is 37.8 Å². The van der Waals surface area contributed by atoms with E-state index in [1.54, 1.807) is 13.1 Å². The molecule has 2 aromatic rings. The van der Waals surface area contributed by atoms with Crippen molar-refractivity contribution in [3.8, 4) is 11.3 Å². The van der Waals surface area contributed by atoms with Crippen LogP contribution in [0.2, 0.25) is 0 Å². The van der Waals surface area contributed by atoms with Gasteiger partial charge in [-0.15, -0.1) is 0 Å². The van der Waals surface area contributed by atoms with Crippen molar-refractivity contribution < 1.29 is 8.78 Å². The highest BCUT2D eigenvalue weighted by atomic mass is 19.1. The first-order valence-corrected chi connectivity index (χ1v) is 6.03. The molecule has 1 heterocycles. The average Bonchev–Trinajstić information content (AvgIpc) is 2.38. The van der Waals surface area contributed by atoms with Gasteiger partial charge in [0.25, 0.3) is 0 Å². The summed E-state index contributed by atoms with van der Waals surface area (Å²) < 4.78 is 26.7. The zero-order chi connectivity index (χ0) is 14.0. The largest absolute Gasteiger partial charge is 0.373 e.